The van der Waals surface area contributed by atoms with Gasteiger partial charge in [-0.15, -0.1) is 0 Å². The molecule has 7 nitrogen and oxygen atoms in total. The minimum Gasteiger partial charge on any atom is -0.396 e. The zero-order chi connectivity index (χ0) is 22.9. The number of carbonyl (C=O) groups excluding carboxylic acids is 1. The number of rotatable bonds is 6. The van der Waals surface area contributed by atoms with Crippen molar-refractivity contribution in [3.8, 4) is 0 Å². The molecule has 0 radical (unpaired) electrons. The first kappa shape index (κ1) is 23.8. The van der Waals surface area contributed by atoms with E-state index in [0.29, 0.717) is 0 Å². The first-order chi connectivity index (χ1) is 14.6. The first-order valence-electron chi connectivity index (χ1n) is 10.2. The van der Waals surface area contributed by atoms with E-state index in [1.807, 2.05) is 6.92 Å². The number of ketones is 1. The molecule has 31 heavy (non-hydrogen) atoms. The molecule has 0 saturated heterocycles. The van der Waals surface area contributed by atoms with Gasteiger partial charge in [0.05, 0.1) is 30.7 Å². The highest BCUT2D eigenvalue weighted by molar-refractivity contribution is 6.31. The zero-order valence-electron chi connectivity index (χ0n) is 17.0. The number of Topliss-reactive ketones (excluding diaryl/α,β-unsaturated/α-hetero) is 1. The van der Waals surface area contributed by atoms with E-state index in [9.17, 15) is 35.4 Å². The Hall–Kier alpha value is -1.84. The second kappa shape index (κ2) is 9.34. The average Bonchev–Trinajstić information content (AvgIpc) is 2.74. The van der Waals surface area contributed by atoms with Crippen molar-refractivity contribution in [1.29, 1.82) is 0 Å². The third kappa shape index (κ3) is 4.40. The monoisotopic (exact) mass is 450 g/mol. The van der Waals surface area contributed by atoms with Crippen molar-refractivity contribution in [2.75, 3.05) is 6.61 Å². The highest BCUT2D eigenvalue weighted by Crippen LogP contribution is 2.39. The average molecular weight is 451 g/mol. The Morgan fingerprint density at radius 2 is 1.61 bits per heavy atom. The lowest BCUT2D eigenvalue weighted by Gasteiger charge is -2.39. The van der Waals surface area contributed by atoms with Gasteiger partial charge in [0, 0.05) is 16.1 Å². The molecule has 0 aromatic heterocycles. The summed E-state index contributed by atoms with van der Waals surface area (Å²) >= 11 is 6.23. The van der Waals surface area contributed by atoms with E-state index < -0.39 is 48.3 Å². The summed E-state index contributed by atoms with van der Waals surface area (Å²) in [7, 11) is 0. The molecule has 1 saturated carbocycles. The number of aliphatic hydroxyl groups is 6. The molecule has 2 aromatic carbocycles. The molecule has 0 amide bonds. The fourth-order valence-electron chi connectivity index (χ4n) is 4.12. The van der Waals surface area contributed by atoms with Gasteiger partial charge in [0.25, 0.3) is 0 Å². The Bertz CT molecular complexity index is 928. The van der Waals surface area contributed by atoms with Gasteiger partial charge in [0.15, 0.2) is 5.78 Å². The van der Waals surface area contributed by atoms with E-state index in [0.717, 1.165) is 18.4 Å². The zero-order valence-corrected chi connectivity index (χ0v) is 17.8. The van der Waals surface area contributed by atoms with Crippen LogP contribution in [-0.4, -0.2) is 61.3 Å². The summed E-state index contributed by atoms with van der Waals surface area (Å²) in [4.78, 5) is 12.8. The van der Waals surface area contributed by atoms with Gasteiger partial charge in [0.2, 0.25) is 5.79 Å². The predicted octanol–water partition coefficient (Wildman–Crippen LogP) is 0.836. The summed E-state index contributed by atoms with van der Waals surface area (Å²) in [5.41, 5.74) is 1.29. The van der Waals surface area contributed by atoms with E-state index in [1.54, 1.807) is 24.3 Å². The molecule has 6 N–H and O–H groups in total. The van der Waals surface area contributed by atoms with Gasteiger partial charge in [-0.2, -0.15) is 0 Å². The van der Waals surface area contributed by atoms with Crippen LogP contribution in [-0.2, 0) is 17.0 Å². The minimum atomic E-state index is -2.48. The van der Waals surface area contributed by atoms with Crippen LogP contribution in [0.25, 0.3) is 0 Å². The van der Waals surface area contributed by atoms with E-state index in [1.165, 1.54) is 18.2 Å². The summed E-state index contributed by atoms with van der Waals surface area (Å²) in [5, 5.41) is 61.9. The molecule has 5 atom stereocenters. The minimum absolute atomic E-state index is 0.0309. The van der Waals surface area contributed by atoms with Crippen molar-refractivity contribution in [2.24, 2.45) is 5.92 Å². The smallest absolute Gasteiger partial charge is 0.218 e. The number of benzene rings is 2. The molecule has 0 aliphatic heterocycles. The lowest BCUT2D eigenvalue weighted by molar-refractivity contribution is -0.158. The Morgan fingerprint density at radius 1 is 0.968 bits per heavy atom. The van der Waals surface area contributed by atoms with Crippen LogP contribution < -0.4 is 0 Å². The summed E-state index contributed by atoms with van der Waals surface area (Å²) in [6.45, 7) is 1.34. The largest absolute Gasteiger partial charge is 0.396 e. The van der Waals surface area contributed by atoms with Crippen LogP contribution in [0.4, 0.5) is 0 Å². The Kier molecular flexibility index (Phi) is 7.18. The number of halogens is 1. The summed E-state index contributed by atoms with van der Waals surface area (Å²) in [6.07, 6.45) is -3.10. The van der Waals surface area contributed by atoms with Gasteiger partial charge in [-0.25, -0.2) is 0 Å². The molecule has 2 aromatic rings. The van der Waals surface area contributed by atoms with E-state index >= 15 is 0 Å². The molecule has 0 spiro atoms. The molecule has 0 bridgehead atoms. The van der Waals surface area contributed by atoms with Crippen molar-refractivity contribution >= 4 is 17.4 Å². The maximum Gasteiger partial charge on any atom is 0.218 e. The lowest BCUT2D eigenvalue weighted by Crippen LogP contribution is -2.56. The summed E-state index contributed by atoms with van der Waals surface area (Å²) in [6, 6.07) is 10.8. The quantitative estimate of drug-likeness (QED) is 0.358. The molecule has 8 heteroatoms. The van der Waals surface area contributed by atoms with Crippen molar-refractivity contribution in [1.82, 2.24) is 0 Å². The van der Waals surface area contributed by atoms with Crippen molar-refractivity contribution in [3.63, 3.8) is 0 Å². The standard InChI is InChI=1S/C23H27ClO7/c1-2-3-12-4-7-14(8-5-12)23(30,31)16-10-13(6-9-17(16)24)18-19(26)15(11-25)20(27)22(29)21(18)28/h4-10,15,18,20-22,25,27-31H,2-3,11H2,1H3. The topological polar surface area (TPSA) is 138 Å². The van der Waals surface area contributed by atoms with Crippen LogP contribution in [0.3, 0.4) is 0 Å². The van der Waals surface area contributed by atoms with Crippen LogP contribution >= 0.6 is 11.6 Å². The molecule has 5 unspecified atom stereocenters. The molecule has 168 valence electrons. The van der Waals surface area contributed by atoms with Gasteiger partial charge in [-0.05, 0) is 29.7 Å². The molecular formula is C23H27ClO7. The van der Waals surface area contributed by atoms with Gasteiger partial charge in [-0.1, -0.05) is 55.3 Å². The van der Waals surface area contributed by atoms with Crippen LogP contribution in [0, 0.1) is 5.92 Å². The first-order valence-corrected chi connectivity index (χ1v) is 10.5. The van der Waals surface area contributed by atoms with Crippen LogP contribution in [0.1, 0.15) is 41.5 Å². The molecule has 1 fully saturated rings. The molecule has 1 aliphatic rings. The highest BCUT2D eigenvalue weighted by Gasteiger charge is 2.49. The van der Waals surface area contributed by atoms with E-state index in [-0.39, 0.29) is 21.7 Å². The fraction of sp³-hybridized carbons (Fsp3) is 0.435. The van der Waals surface area contributed by atoms with E-state index in [4.69, 9.17) is 11.6 Å². The number of carbonyl (C=O) groups is 1. The maximum atomic E-state index is 12.8. The number of hydrogen-bond donors (Lipinski definition) is 6. The van der Waals surface area contributed by atoms with E-state index in [2.05, 4.69) is 0 Å². The number of hydrogen-bond acceptors (Lipinski definition) is 7. The third-order valence-electron chi connectivity index (χ3n) is 5.94. The van der Waals surface area contributed by atoms with Gasteiger partial charge < -0.3 is 30.6 Å². The van der Waals surface area contributed by atoms with Crippen LogP contribution in [0.5, 0.6) is 0 Å². The molecule has 0 heterocycles. The fourth-order valence-corrected chi connectivity index (χ4v) is 4.36. The summed E-state index contributed by atoms with van der Waals surface area (Å²) < 4.78 is 0. The predicted molar refractivity (Wildman–Crippen MR) is 113 cm³/mol. The van der Waals surface area contributed by atoms with Gasteiger partial charge >= 0.3 is 0 Å². The van der Waals surface area contributed by atoms with Crippen molar-refractivity contribution in [3.05, 3.63) is 69.7 Å². The Labute approximate surface area is 185 Å². The Morgan fingerprint density at radius 3 is 2.19 bits per heavy atom. The molecule has 3 rings (SSSR count). The lowest BCUT2D eigenvalue weighted by atomic mass is 9.71. The normalized spacial score (nSPS) is 26.8. The summed E-state index contributed by atoms with van der Waals surface area (Å²) in [5.74, 6) is -5.70. The SMILES string of the molecule is CCCc1ccc(C(O)(O)c2cc(C3C(=O)C(CO)C(O)C(O)C3O)ccc2Cl)cc1. The van der Waals surface area contributed by atoms with Crippen LogP contribution in [0.15, 0.2) is 42.5 Å². The third-order valence-corrected chi connectivity index (χ3v) is 6.27. The van der Waals surface area contributed by atoms with Gasteiger partial charge in [0.1, 0.15) is 6.10 Å². The molecule has 1 aliphatic carbocycles. The Balaban J connectivity index is 2.02. The van der Waals surface area contributed by atoms with Gasteiger partial charge in [-0.3, -0.25) is 4.79 Å². The molecular weight excluding hydrogens is 424 g/mol. The van der Waals surface area contributed by atoms with Crippen molar-refractivity contribution in [2.45, 2.75) is 49.8 Å². The maximum absolute atomic E-state index is 12.8. The highest BCUT2D eigenvalue weighted by atomic mass is 35.5. The van der Waals surface area contributed by atoms with Crippen LogP contribution in [0.2, 0.25) is 5.02 Å². The van der Waals surface area contributed by atoms with Crippen molar-refractivity contribution < 1.29 is 35.4 Å². The number of aliphatic hydroxyl groups excluding tert-OH is 4. The second-order valence-corrected chi connectivity index (χ2v) is 8.41. The number of aryl methyl sites for hydroxylation is 1. The second-order valence-electron chi connectivity index (χ2n) is 8.00.